The highest BCUT2D eigenvalue weighted by molar-refractivity contribution is 5.87. The highest BCUT2D eigenvalue weighted by Crippen LogP contribution is 2.18. The van der Waals surface area contributed by atoms with Crippen LogP contribution in [-0.2, 0) is 11.3 Å². The summed E-state index contributed by atoms with van der Waals surface area (Å²) in [7, 11) is 0. The van der Waals surface area contributed by atoms with Gasteiger partial charge in [-0.1, -0.05) is 30.3 Å². The van der Waals surface area contributed by atoms with Gasteiger partial charge in [0, 0.05) is 24.3 Å². The lowest BCUT2D eigenvalue weighted by molar-refractivity contribution is -0.121. The molecule has 3 rings (SSSR count). The van der Waals surface area contributed by atoms with Crippen LogP contribution in [-0.4, -0.2) is 15.9 Å². The zero-order valence-corrected chi connectivity index (χ0v) is 12.3. The number of nitrogens with zero attached hydrogens (tertiary/aromatic N) is 3. The fourth-order valence-electron chi connectivity index (χ4n) is 2.30. The van der Waals surface area contributed by atoms with Gasteiger partial charge in [-0.25, -0.2) is 0 Å². The van der Waals surface area contributed by atoms with Crippen molar-refractivity contribution in [2.75, 3.05) is 0 Å². The van der Waals surface area contributed by atoms with E-state index in [2.05, 4.69) is 15.3 Å². The molecular weight excluding hydrogens is 288 g/mol. The van der Waals surface area contributed by atoms with E-state index < -0.39 is 5.92 Å². The van der Waals surface area contributed by atoms with Gasteiger partial charge in [0.15, 0.2) is 5.92 Å². The topological polar surface area (TPSA) is 78.7 Å². The van der Waals surface area contributed by atoms with Gasteiger partial charge in [0.2, 0.25) is 5.91 Å². The number of hydrogen-bond donors (Lipinski definition) is 1. The summed E-state index contributed by atoms with van der Waals surface area (Å²) in [5, 5.41) is 13.1. The average Bonchev–Trinajstić information content (AvgIpc) is 2.61. The Morgan fingerprint density at radius 2 is 2.04 bits per heavy atom. The van der Waals surface area contributed by atoms with E-state index in [1.54, 1.807) is 24.5 Å². The highest BCUT2D eigenvalue weighted by atomic mass is 16.1. The van der Waals surface area contributed by atoms with Gasteiger partial charge in [-0.3, -0.25) is 14.8 Å². The molecule has 0 bridgehead atoms. The predicted molar refractivity (Wildman–Crippen MR) is 86.2 cm³/mol. The van der Waals surface area contributed by atoms with E-state index in [-0.39, 0.29) is 5.91 Å². The Hall–Kier alpha value is -3.26. The van der Waals surface area contributed by atoms with Crippen LogP contribution in [0.25, 0.3) is 10.9 Å². The lowest BCUT2D eigenvalue weighted by Gasteiger charge is -2.10. The van der Waals surface area contributed by atoms with E-state index in [9.17, 15) is 10.1 Å². The normalized spacial score (nSPS) is 11.6. The molecule has 2 aromatic heterocycles. The zero-order valence-electron chi connectivity index (χ0n) is 12.3. The van der Waals surface area contributed by atoms with E-state index in [0.717, 1.165) is 16.5 Å². The minimum absolute atomic E-state index is 0.332. The Morgan fingerprint density at radius 3 is 2.83 bits per heavy atom. The third kappa shape index (κ3) is 3.33. The van der Waals surface area contributed by atoms with E-state index in [1.807, 2.05) is 42.5 Å². The van der Waals surface area contributed by atoms with Gasteiger partial charge in [-0.05, 0) is 23.8 Å². The largest absolute Gasteiger partial charge is 0.350 e. The summed E-state index contributed by atoms with van der Waals surface area (Å²) in [6, 6.07) is 16.9. The van der Waals surface area contributed by atoms with Crippen molar-refractivity contribution < 1.29 is 4.79 Å². The molecule has 0 aliphatic carbocycles. The van der Waals surface area contributed by atoms with Crippen LogP contribution >= 0.6 is 0 Å². The number of rotatable bonds is 4. The summed E-state index contributed by atoms with van der Waals surface area (Å²) in [6.07, 6.45) is 3.35. The number of carbonyl (C=O) groups is 1. The molecule has 0 aliphatic rings. The molecule has 0 saturated heterocycles. The van der Waals surface area contributed by atoms with Crippen LogP contribution in [0.15, 0.2) is 60.9 Å². The van der Waals surface area contributed by atoms with E-state index in [4.69, 9.17) is 0 Å². The number of fused-ring (bicyclic) bond motifs is 1. The second-order valence-corrected chi connectivity index (χ2v) is 5.07. The molecule has 0 saturated carbocycles. The summed E-state index contributed by atoms with van der Waals surface area (Å²) in [5.74, 6) is -1.30. The standard InChI is InChI=1S/C18H14N4O/c19-10-15(18(23)21-12-13-4-3-9-20-11-13)17-8-7-14-5-1-2-6-16(14)22-17/h1-9,11,15H,12H2,(H,21,23). The summed E-state index contributed by atoms with van der Waals surface area (Å²) >= 11 is 0. The zero-order chi connectivity index (χ0) is 16.1. The quantitative estimate of drug-likeness (QED) is 0.803. The SMILES string of the molecule is N#CC(C(=O)NCc1cccnc1)c1ccc2ccccc2n1. The first-order chi connectivity index (χ1) is 11.3. The summed E-state index contributed by atoms with van der Waals surface area (Å²) < 4.78 is 0. The number of pyridine rings is 2. The molecule has 2 heterocycles. The maximum absolute atomic E-state index is 12.3. The lowest BCUT2D eigenvalue weighted by Crippen LogP contribution is -2.28. The Kier molecular flexibility index (Phi) is 4.25. The van der Waals surface area contributed by atoms with Gasteiger partial charge in [-0.2, -0.15) is 5.26 Å². The summed E-state index contributed by atoms with van der Waals surface area (Å²) in [5.41, 5.74) is 2.10. The monoisotopic (exact) mass is 302 g/mol. The maximum atomic E-state index is 12.3. The molecule has 23 heavy (non-hydrogen) atoms. The highest BCUT2D eigenvalue weighted by Gasteiger charge is 2.21. The Bertz CT molecular complexity index is 871. The molecule has 5 heteroatoms. The molecule has 0 radical (unpaired) electrons. The minimum atomic E-state index is -0.934. The van der Waals surface area contributed by atoms with Crippen molar-refractivity contribution in [3.05, 3.63) is 72.2 Å². The van der Waals surface area contributed by atoms with E-state index >= 15 is 0 Å². The maximum Gasteiger partial charge on any atom is 0.243 e. The molecule has 5 nitrogen and oxygen atoms in total. The second kappa shape index (κ2) is 6.67. The van der Waals surface area contributed by atoms with Crippen LogP contribution < -0.4 is 5.32 Å². The van der Waals surface area contributed by atoms with Crippen LogP contribution in [0.2, 0.25) is 0 Å². The van der Waals surface area contributed by atoms with E-state index in [0.29, 0.717) is 12.2 Å². The third-order valence-electron chi connectivity index (χ3n) is 3.50. The van der Waals surface area contributed by atoms with Crippen molar-refractivity contribution in [2.45, 2.75) is 12.5 Å². The first-order valence-electron chi connectivity index (χ1n) is 7.20. The number of aromatic nitrogens is 2. The lowest BCUT2D eigenvalue weighted by atomic mass is 10.0. The number of amides is 1. The Morgan fingerprint density at radius 1 is 1.17 bits per heavy atom. The van der Waals surface area contributed by atoms with Gasteiger partial charge < -0.3 is 5.32 Å². The van der Waals surface area contributed by atoms with Crippen molar-refractivity contribution in [1.29, 1.82) is 5.26 Å². The number of nitriles is 1. The van der Waals surface area contributed by atoms with Crippen molar-refractivity contribution in [1.82, 2.24) is 15.3 Å². The van der Waals surface area contributed by atoms with Gasteiger partial charge in [-0.15, -0.1) is 0 Å². The van der Waals surface area contributed by atoms with Crippen LogP contribution in [0.5, 0.6) is 0 Å². The number of benzene rings is 1. The number of carbonyl (C=O) groups excluding carboxylic acids is 1. The molecule has 0 fully saturated rings. The first kappa shape index (κ1) is 14.7. The van der Waals surface area contributed by atoms with Crippen molar-refractivity contribution in [2.24, 2.45) is 0 Å². The molecule has 3 aromatic rings. The molecule has 1 amide bonds. The van der Waals surface area contributed by atoms with Crippen LogP contribution in [0, 0.1) is 11.3 Å². The summed E-state index contributed by atoms with van der Waals surface area (Å²) in [6.45, 7) is 0.332. The van der Waals surface area contributed by atoms with Crippen LogP contribution in [0.4, 0.5) is 0 Å². The van der Waals surface area contributed by atoms with Crippen molar-refractivity contribution in [3.63, 3.8) is 0 Å². The molecule has 1 aromatic carbocycles. The van der Waals surface area contributed by atoms with Gasteiger partial charge in [0.25, 0.3) is 0 Å². The fraction of sp³-hybridized carbons (Fsp3) is 0.111. The molecule has 1 atom stereocenters. The first-order valence-corrected chi connectivity index (χ1v) is 7.20. The number of hydrogen-bond acceptors (Lipinski definition) is 4. The number of para-hydroxylation sites is 1. The van der Waals surface area contributed by atoms with Gasteiger partial charge in [0.1, 0.15) is 0 Å². The van der Waals surface area contributed by atoms with E-state index in [1.165, 1.54) is 0 Å². The smallest absolute Gasteiger partial charge is 0.243 e. The Balaban J connectivity index is 1.77. The fourth-order valence-corrected chi connectivity index (χ4v) is 2.30. The third-order valence-corrected chi connectivity index (χ3v) is 3.50. The predicted octanol–water partition coefficient (Wildman–Crippen LogP) is 2.55. The molecular formula is C18H14N4O. The second-order valence-electron chi connectivity index (χ2n) is 5.07. The average molecular weight is 302 g/mol. The molecule has 1 unspecified atom stereocenters. The molecule has 0 aliphatic heterocycles. The van der Waals surface area contributed by atoms with Crippen LogP contribution in [0.3, 0.4) is 0 Å². The molecule has 0 spiro atoms. The van der Waals surface area contributed by atoms with Crippen molar-refractivity contribution >= 4 is 16.8 Å². The minimum Gasteiger partial charge on any atom is -0.350 e. The molecule has 1 N–H and O–H groups in total. The molecule has 112 valence electrons. The van der Waals surface area contributed by atoms with Gasteiger partial charge in [0.05, 0.1) is 17.3 Å². The van der Waals surface area contributed by atoms with Crippen LogP contribution in [0.1, 0.15) is 17.2 Å². The number of nitrogens with one attached hydrogen (secondary N) is 1. The van der Waals surface area contributed by atoms with Crippen molar-refractivity contribution in [3.8, 4) is 6.07 Å². The van der Waals surface area contributed by atoms with Gasteiger partial charge >= 0.3 is 0 Å². The Labute approximate surface area is 133 Å². The summed E-state index contributed by atoms with van der Waals surface area (Å²) in [4.78, 5) is 20.7.